The summed E-state index contributed by atoms with van der Waals surface area (Å²) < 4.78 is 6.55. The molecule has 0 bridgehead atoms. The molecule has 1 saturated carbocycles. The van der Waals surface area contributed by atoms with Crippen LogP contribution in [-0.2, 0) is 4.79 Å². The van der Waals surface area contributed by atoms with E-state index in [9.17, 15) is 9.59 Å². The van der Waals surface area contributed by atoms with Gasteiger partial charge in [0.2, 0.25) is 5.91 Å². The Kier molecular flexibility index (Phi) is 7.67. The summed E-state index contributed by atoms with van der Waals surface area (Å²) in [6.45, 7) is 6.48. The van der Waals surface area contributed by atoms with Crippen molar-refractivity contribution in [1.29, 1.82) is 0 Å². The summed E-state index contributed by atoms with van der Waals surface area (Å²) in [4.78, 5) is 24.9. The molecule has 2 amide bonds. The molecule has 3 rings (SSSR count). The van der Waals surface area contributed by atoms with Gasteiger partial charge in [-0.05, 0) is 73.8 Å². The van der Waals surface area contributed by atoms with E-state index in [4.69, 9.17) is 17.0 Å². The van der Waals surface area contributed by atoms with Crippen LogP contribution in [0.25, 0.3) is 0 Å². The first-order valence-corrected chi connectivity index (χ1v) is 11.4. The van der Waals surface area contributed by atoms with Gasteiger partial charge in [-0.1, -0.05) is 35.8 Å². The summed E-state index contributed by atoms with van der Waals surface area (Å²) >= 11 is 8.75. The van der Waals surface area contributed by atoms with Gasteiger partial charge in [0.1, 0.15) is 5.75 Å². The zero-order valence-electron chi connectivity index (χ0n) is 17.8. The number of nitrogens with one attached hydrogen (secondary N) is 3. The van der Waals surface area contributed by atoms with Gasteiger partial charge in [0, 0.05) is 21.8 Å². The second-order valence-electron chi connectivity index (χ2n) is 8.00. The molecule has 8 heteroatoms. The number of anilines is 2. The van der Waals surface area contributed by atoms with Gasteiger partial charge in [0.15, 0.2) is 5.11 Å². The van der Waals surface area contributed by atoms with Crippen LogP contribution in [0.4, 0.5) is 11.4 Å². The molecule has 3 N–H and O–H groups in total. The highest BCUT2D eigenvalue weighted by Gasteiger charge is 2.29. The van der Waals surface area contributed by atoms with Gasteiger partial charge < -0.3 is 15.4 Å². The van der Waals surface area contributed by atoms with Crippen LogP contribution in [0.15, 0.2) is 40.9 Å². The number of ether oxygens (including phenoxy) is 1. The zero-order chi connectivity index (χ0) is 22.5. The third-order valence-electron chi connectivity index (χ3n) is 4.77. The Morgan fingerprint density at radius 2 is 1.84 bits per heavy atom. The van der Waals surface area contributed by atoms with Crippen LogP contribution in [0.2, 0.25) is 0 Å². The number of benzene rings is 2. The molecule has 6 nitrogen and oxygen atoms in total. The smallest absolute Gasteiger partial charge is 0.261 e. The lowest BCUT2D eigenvalue weighted by atomic mass is 10.1. The molecular weight excluding hydrogens is 478 g/mol. The Hall–Kier alpha value is -2.45. The highest BCUT2D eigenvalue weighted by Crippen LogP contribution is 2.31. The Labute approximate surface area is 196 Å². The van der Waals surface area contributed by atoms with Crippen LogP contribution in [0.1, 0.15) is 42.6 Å². The summed E-state index contributed by atoms with van der Waals surface area (Å²) in [5.74, 6) is 0.623. The number of hydrogen-bond donors (Lipinski definition) is 3. The van der Waals surface area contributed by atoms with E-state index < -0.39 is 0 Å². The van der Waals surface area contributed by atoms with E-state index >= 15 is 0 Å². The lowest BCUT2D eigenvalue weighted by Gasteiger charge is -2.16. The summed E-state index contributed by atoms with van der Waals surface area (Å²) in [5, 5.41) is 8.88. The fourth-order valence-electron chi connectivity index (χ4n) is 2.87. The van der Waals surface area contributed by atoms with Crippen molar-refractivity contribution in [3.05, 3.63) is 52.0 Å². The van der Waals surface area contributed by atoms with E-state index in [0.29, 0.717) is 29.5 Å². The second-order valence-corrected chi connectivity index (χ2v) is 9.32. The van der Waals surface area contributed by atoms with Gasteiger partial charge >= 0.3 is 0 Å². The summed E-state index contributed by atoms with van der Waals surface area (Å²) in [6, 6.07) is 10.8. The van der Waals surface area contributed by atoms with Crippen molar-refractivity contribution in [2.75, 3.05) is 17.2 Å². The predicted molar refractivity (Wildman–Crippen MR) is 131 cm³/mol. The van der Waals surface area contributed by atoms with Crippen LogP contribution in [-0.4, -0.2) is 23.5 Å². The highest BCUT2D eigenvalue weighted by molar-refractivity contribution is 9.10. The Morgan fingerprint density at radius 3 is 2.48 bits per heavy atom. The van der Waals surface area contributed by atoms with Crippen LogP contribution in [0, 0.1) is 18.8 Å². The number of halogens is 1. The average Bonchev–Trinajstić information content (AvgIpc) is 3.55. The fraction of sp³-hybridized carbons (Fsp3) is 0.348. The van der Waals surface area contributed by atoms with Crippen LogP contribution >= 0.6 is 28.1 Å². The van der Waals surface area contributed by atoms with E-state index in [2.05, 4.69) is 31.9 Å². The minimum Gasteiger partial charge on any atom is -0.492 e. The van der Waals surface area contributed by atoms with E-state index in [0.717, 1.165) is 28.6 Å². The molecule has 0 spiro atoms. The largest absolute Gasteiger partial charge is 0.492 e. The lowest BCUT2D eigenvalue weighted by molar-refractivity contribution is -0.117. The van der Waals surface area contributed by atoms with Gasteiger partial charge in [0.25, 0.3) is 5.91 Å². The quantitative estimate of drug-likeness (QED) is 0.448. The van der Waals surface area contributed by atoms with E-state index in [-0.39, 0.29) is 22.8 Å². The minimum atomic E-state index is -0.367. The molecule has 0 unspecified atom stereocenters. The van der Waals surface area contributed by atoms with Gasteiger partial charge in [-0.15, -0.1) is 0 Å². The van der Waals surface area contributed by atoms with Crippen molar-refractivity contribution >= 4 is 56.4 Å². The molecule has 2 aromatic rings. The highest BCUT2D eigenvalue weighted by atomic mass is 79.9. The number of rotatable bonds is 7. The number of amides is 2. The lowest BCUT2D eigenvalue weighted by Crippen LogP contribution is -2.34. The molecule has 1 aliphatic rings. The minimum absolute atomic E-state index is 0.0414. The molecular formula is C23H26BrN3O3S. The normalized spacial score (nSPS) is 12.9. The molecule has 1 fully saturated rings. The number of hydrogen-bond acceptors (Lipinski definition) is 4. The molecule has 2 aromatic carbocycles. The maximum Gasteiger partial charge on any atom is 0.261 e. The van der Waals surface area contributed by atoms with Gasteiger partial charge in [-0.25, -0.2) is 0 Å². The molecule has 1 aliphatic carbocycles. The van der Waals surface area contributed by atoms with Crippen molar-refractivity contribution in [1.82, 2.24) is 5.32 Å². The third-order valence-corrected chi connectivity index (χ3v) is 5.47. The summed E-state index contributed by atoms with van der Waals surface area (Å²) in [7, 11) is 0. The summed E-state index contributed by atoms with van der Waals surface area (Å²) in [6.07, 6.45) is 1.88. The average molecular weight is 504 g/mol. The Morgan fingerprint density at radius 1 is 1.16 bits per heavy atom. The maximum absolute atomic E-state index is 12.8. The van der Waals surface area contributed by atoms with Gasteiger partial charge in [-0.2, -0.15) is 0 Å². The molecule has 0 aromatic heterocycles. The van der Waals surface area contributed by atoms with Crippen molar-refractivity contribution < 1.29 is 14.3 Å². The predicted octanol–water partition coefficient (Wildman–Crippen LogP) is 5.27. The van der Waals surface area contributed by atoms with Crippen molar-refractivity contribution in [3.63, 3.8) is 0 Å². The standard InChI is InChI=1S/C23H26BrN3O3S/c1-13(2)12-30-20-10-9-16(24)11-17(20)22(29)27-23(31)26-19-6-4-5-18(14(19)3)25-21(28)15-7-8-15/h4-6,9-11,13,15H,7-8,12H2,1-3H3,(H,25,28)(H2,26,27,29,31). The number of carbonyl (C=O) groups is 2. The monoisotopic (exact) mass is 503 g/mol. The number of carbonyl (C=O) groups excluding carboxylic acids is 2. The first kappa shape index (κ1) is 23.2. The first-order chi connectivity index (χ1) is 14.7. The SMILES string of the molecule is Cc1c(NC(=O)C2CC2)cccc1NC(=S)NC(=O)c1cc(Br)ccc1OCC(C)C. The van der Waals surface area contributed by atoms with Crippen LogP contribution in [0.5, 0.6) is 5.75 Å². The second kappa shape index (κ2) is 10.2. The zero-order valence-corrected chi connectivity index (χ0v) is 20.2. The third kappa shape index (κ3) is 6.51. The van der Waals surface area contributed by atoms with E-state index in [1.165, 1.54) is 0 Å². The molecule has 0 saturated heterocycles. The fourth-order valence-corrected chi connectivity index (χ4v) is 3.44. The molecule has 0 heterocycles. The molecule has 0 radical (unpaired) electrons. The van der Waals surface area contributed by atoms with Crippen molar-refractivity contribution in [2.24, 2.45) is 11.8 Å². The van der Waals surface area contributed by atoms with Gasteiger partial charge in [0.05, 0.1) is 12.2 Å². The van der Waals surface area contributed by atoms with E-state index in [1.807, 2.05) is 45.0 Å². The first-order valence-electron chi connectivity index (χ1n) is 10.2. The Bertz CT molecular complexity index is 1010. The topological polar surface area (TPSA) is 79.5 Å². The van der Waals surface area contributed by atoms with Gasteiger partial charge in [-0.3, -0.25) is 14.9 Å². The molecule has 0 atom stereocenters. The van der Waals surface area contributed by atoms with Crippen LogP contribution in [0.3, 0.4) is 0 Å². The molecule has 0 aliphatic heterocycles. The van der Waals surface area contributed by atoms with Crippen molar-refractivity contribution in [3.8, 4) is 5.75 Å². The Balaban J connectivity index is 1.68. The molecule has 31 heavy (non-hydrogen) atoms. The number of thiocarbonyl (C=S) groups is 1. The summed E-state index contributed by atoms with van der Waals surface area (Å²) in [5.41, 5.74) is 2.68. The maximum atomic E-state index is 12.8. The molecule has 164 valence electrons. The van der Waals surface area contributed by atoms with Crippen molar-refractivity contribution in [2.45, 2.75) is 33.6 Å². The van der Waals surface area contributed by atoms with Crippen LogP contribution < -0.4 is 20.7 Å². The van der Waals surface area contributed by atoms with E-state index in [1.54, 1.807) is 12.1 Å².